The van der Waals surface area contributed by atoms with Crippen molar-refractivity contribution in [2.45, 2.75) is 58.1 Å². The van der Waals surface area contributed by atoms with Crippen LogP contribution in [0.4, 0.5) is 5.69 Å². The van der Waals surface area contributed by atoms with Gasteiger partial charge in [-0.1, -0.05) is 25.5 Å². The van der Waals surface area contributed by atoms with Crippen LogP contribution in [0.15, 0.2) is 24.3 Å². The monoisotopic (exact) mass is 261 g/mol. The van der Waals surface area contributed by atoms with E-state index in [-0.39, 0.29) is 6.10 Å². The highest BCUT2D eigenvalue weighted by molar-refractivity contribution is 5.48. The molecule has 1 unspecified atom stereocenters. The summed E-state index contributed by atoms with van der Waals surface area (Å²) in [6.45, 7) is 4.12. The van der Waals surface area contributed by atoms with E-state index in [0.29, 0.717) is 6.04 Å². The Morgan fingerprint density at radius 3 is 2.21 bits per heavy atom. The molecule has 1 aromatic rings. The summed E-state index contributed by atoms with van der Waals surface area (Å²) in [4.78, 5) is 2.41. The van der Waals surface area contributed by atoms with Crippen LogP contribution in [0, 0.1) is 5.92 Å². The lowest BCUT2D eigenvalue weighted by Gasteiger charge is -2.36. The van der Waals surface area contributed by atoms with Crippen LogP contribution in [0.5, 0.6) is 0 Å². The van der Waals surface area contributed by atoms with Crippen molar-refractivity contribution in [3.8, 4) is 0 Å². The Kier molecular flexibility index (Phi) is 4.87. The molecule has 0 bridgehead atoms. The molecule has 1 fully saturated rings. The van der Waals surface area contributed by atoms with Gasteiger partial charge < -0.3 is 10.0 Å². The highest BCUT2D eigenvalue weighted by Crippen LogP contribution is 2.31. The number of anilines is 1. The Hall–Kier alpha value is -1.02. The largest absolute Gasteiger partial charge is 0.389 e. The number of hydrogen-bond acceptors (Lipinski definition) is 2. The second kappa shape index (κ2) is 6.42. The van der Waals surface area contributed by atoms with Crippen LogP contribution >= 0.6 is 0 Å². The molecule has 1 aliphatic rings. The van der Waals surface area contributed by atoms with Gasteiger partial charge in [-0.05, 0) is 56.2 Å². The molecule has 2 heteroatoms. The summed E-state index contributed by atoms with van der Waals surface area (Å²) in [5.41, 5.74) is 2.26. The van der Waals surface area contributed by atoms with Crippen molar-refractivity contribution >= 4 is 5.69 Å². The standard InChI is InChI=1S/C17H27NO/c1-4-14-5-9-16(10-6-14)18(3)17-11-7-15(8-12-17)13(2)19/h7-8,11-14,16,19H,4-6,9-10H2,1-3H3. The van der Waals surface area contributed by atoms with E-state index in [9.17, 15) is 5.11 Å². The molecule has 0 spiro atoms. The van der Waals surface area contributed by atoms with Crippen LogP contribution in [-0.2, 0) is 0 Å². The Labute approximate surface area is 117 Å². The minimum atomic E-state index is -0.376. The fourth-order valence-corrected chi connectivity index (χ4v) is 3.14. The topological polar surface area (TPSA) is 23.5 Å². The van der Waals surface area contributed by atoms with E-state index in [2.05, 4.69) is 31.0 Å². The van der Waals surface area contributed by atoms with Crippen molar-refractivity contribution in [1.29, 1.82) is 0 Å². The Balaban J connectivity index is 1.97. The van der Waals surface area contributed by atoms with Crippen LogP contribution in [0.3, 0.4) is 0 Å². The van der Waals surface area contributed by atoms with E-state index in [4.69, 9.17) is 0 Å². The average molecular weight is 261 g/mol. The molecule has 1 saturated carbocycles. The lowest BCUT2D eigenvalue weighted by Crippen LogP contribution is -2.35. The molecular weight excluding hydrogens is 234 g/mol. The zero-order valence-electron chi connectivity index (χ0n) is 12.5. The predicted molar refractivity (Wildman–Crippen MR) is 81.5 cm³/mol. The van der Waals surface area contributed by atoms with Gasteiger partial charge in [-0.2, -0.15) is 0 Å². The predicted octanol–water partition coefficient (Wildman–Crippen LogP) is 4.14. The molecule has 1 aliphatic carbocycles. The fourth-order valence-electron chi connectivity index (χ4n) is 3.14. The molecule has 2 rings (SSSR count). The fraction of sp³-hybridized carbons (Fsp3) is 0.647. The highest BCUT2D eigenvalue weighted by Gasteiger charge is 2.23. The van der Waals surface area contributed by atoms with E-state index < -0.39 is 0 Å². The molecule has 0 saturated heterocycles. The molecule has 0 aliphatic heterocycles. The van der Waals surface area contributed by atoms with Gasteiger partial charge >= 0.3 is 0 Å². The van der Waals surface area contributed by atoms with Gasteiger partial charge in [0.15, 0.2) is 0 Å². The van der Waals surface area contributed by atoms with E-state index in [0.717, 1.165) is 11.5 Å². The summed E-state index contributed by atoms with van der Waals surface area (Å²) in [6, 6.07) is 9.02. The van der Waals surface area contributed by atoms with Gasteiger partial charge in [0.2, 0.25) is 0 Å². The van der Waals surface area contributed by atoms with Crippen molar-refractivity contribution in [1.82, 2.24) is 0 Å². The van der Waals surface area contributed by atoms with Crippen molar-refractivity contribution in [2.24, 2.45) is 5.92 Å². The Morgan fingerprint density at radius 2 is 1.74 bits per heavy atom. The molecule has 2 nitrogen and oxygen atoms in total. The Bertz CT molecular complexity index is 377. The minimum Gasteiger partial charge on any atom is -0.389 e. The van der Waals surface area contributed by atoms with Crippen LogP contribution in [0.25, 0.3) is 0 Å². The second-order valence-corrected chi connectivity index (χ2v) is 5.96. The molecule has 1 aromatic carbocycles. The first-order valence-corrected chi connectivity index (χ1v) is 7.62. The van der Waals surface area contributed by atoms with Gasteiger partial charge in [0.1, 0.15) is 0 Å². The van der Waals surface area contributed by atoms with Gasteiger partial charge in [0, 0.05) is 18.8 Å². The molecule has 19 heavy (non-hydrogen) atoms. The average Bonchev–Trinajstić information content (AvgIpc) is 2.46. The van der Waals surface area contributed by atoms with E-state index in [1.807, 2.05) is 19.1 Å². The summed E-state index contributed by atoms with van der Waals surface area (Å²) in [7, 11) is 2.20. The summed E-state index contributed by atoms with van der Waals surface area (Å²) in [6.07, 6.45) is 6.33. The molecular formula is C17H27NO. The van der Waals surface area contributed by atoms with Crippen LogP contribution in [0.2, 0.25) is 0 Å². The minimum absolute atomic E-state index is 0.376. The zero-order chi connectivity index (χ0) is 13.8. The summed E-state index contributed by atoms with van der Waals surface area (Å²) in [5.74, 6) is 0.947. The molecule has 0 heterocycles. The maximum absolute atomic E-state index is 9.54. The number of aliphatic hydroxyl groups is 1. The third kappa shape index (κ3) is 3.50. The van der Waals surface area contributed by atoms with Crippen LogP contribution in [0.1, 0.15) is 57.6 Å². The molecule has 106 valence electrons. The van der Waals surface area contributed by atoms with Crippen LogP contribution < -0.4 is 4.90 Å². The summed E-state index contributed by atoms with van der Waals surface area (Å²) in [5, 5.41) is 9.54. The maximum Gasteiger partial charge on any atom is 0.0761 e. The van der Waals surface area contributed by atoms with Crippen molar-refractivity contribution in [3.63, 3.8) is 0 Å². The number of benzene rings is 1. The number of rotatable bonds is 4. The SMILES string of the molecule is CCC1CCC(N(C)c2ccc(C(C)O)cc2)CC1. The molecule has 0 amide bonds. The summed E-state index contributed by atoms with van der Waals surface area (Å²) >= 11 is 0. The third-order valence-electron chi connectivity index (χ3n) is 4.72. The number of hydrogen-bond donors (Lipinski definition) is 1. The van der Waals surface area contributed by atoms with E-state index in [1.54, 1.807) is 0 Å². The van der Waals surface area contributed by atoms with Crippen molar-refractivity contribution in [3.05, 3.63) is 29.8 Å². The molecule has 1 atom stereocenters. The van der Waals surface area contributed by atoms with Crippen LogP contribution in [-0.4, -0.2) is 18.2 Å². The third-order valence-corrected chi connectivity index (χ3v) is 4.72. The van der Waals surface area contributed by atoms with Gasteiger partial charge in [0.05, 0.1) is 6.10 Å². The number of nitrogens with zero attached hydrogens (tertiary/aromatic N) is 1. The van der Waals surface area contributed by atoms with Gasteiger partial charge in [-0.3, -0.25) is 0 Å². The first kappa shape index (κ1) is 14.4. The lowest BCUT2D eigenvalue weighted by atomic mass is 9.84. The normalized spacial score (nSPS) is 25.1. The first-order chi connectivity index (χ1) is 9.11. The smallest absolute Gasteiger partial charge is 0.0761 e. The quantitative estimate of drug-likeness (QED) is 0.880. The Morgan fingerprint density at radius 1 is 1.16 bits per heavy atom. The maximum atomic E-state index is 9.54. The van der Waals surface area contributed by atoms with Gasteiger partial charge in [-0.25, -0.2) is 0 Å². The number of aliphatic hydroxyl groups excluding tert-OH is 1. The van der Waals surface area contributed by atoms with E-state index >= 15 is 0 Å². The highest BCUT2D eigenvalue weighted by atomic mass is 16.3. The molecule has 0 radical (unpaired) electrons. The first-order valence-electron chi connectivity index (χ1n) is 7.62. The van der Waals surface area contributed by atoms with Gasteiger partial charge in [0.25, 0.3) is 0 Å². The summed E-state index contributed by atoms with van der Waals surface area (Å²) < 4.78 is 0. The van der Waals surface area contributed by atoms with E-state index in [1.165, 1.54) is 37.8 Å². The van der Waals surface area contributed by atoms with Crippen molar-refractivity contribution in [2.75, 3.05) is 11.9 Å². The zero-order valence-corrected chi connectivity index (χ0v) is 12.5. The molecule has 1 N–H and O–H groups in total. The lowest BCUT2D eigenvalue weighted by molar-refractivity contribution is 0.199. The second-order valence-electron chi connectivity index (χ2n) is 5.96. The molecule has 0 aromatic heterocycles. The van der Waals surface area contributed by atoms with Gasteiger partial charge in [-0.15, -0.1) is 0 Å². The van der Waals surface area contributed by atoms with Crippen molar-refractivity contribution < 1.29 is 5.11 Å².